The zero-order chi connectivity index (χ0) is 22.0. The third kappa shape index (κ3) is 4.19. The Morgan fingerprint density at radius 3 is 2.74 bits per heavy atom. The van der Waals surface area contributed by atoms with E-state index in [9.17, 15) is 10.1 Å². The van der Waals surface area contributed by atoms with Gasteiger partial charge in [-0.1, -0.05) is 18.3 Å². The number of aromatic nitrogens is 3. The van der Waals surface area contributed by atoms with Gasteiger partial charge in [0.1, 0.15) is 22.0 Å². The number of carbonyl (C=O) groups is 1. The van der Waals surface area contributed by atoms with Gasteiger partial charge in [-0.15, -0.1) is 0 Å². The molecule has 0 aliphatic carbocycles. The number of piperazine rings is 1. The second kappa shape index (κ2) is 8.90. The fourth-order valence-electron chi connectivity index (χ4n) is 4.00. The molecule has 4 rings (SSSR count). The number of nitriles is 1. The predicted octanol–water partition coefficient (Wildman–Crippen LogP) is 3.78. The van der Waals surface area contributed by atoms with Crippen molar-refractivity contribution in [2.24, 2.45) is 0 Å². The molecule has 0 saturated carbocycles. The van der Waals surface area contributed by atoms with Crippen molar-refractivity contribution in [3.8, 4) is 6.07 Å². The summed E-state index contributed by atoms with van der Waals surface area (Å²) in [6.45, 7) is 9.69. The number of amides is 1. The molecule has 0 aromatic carbocycles. The van der Waals surface area contributed by atoms with Gasteiger partial charge in [0.25, 0.3) is 5.91 Å². The maximum atomic E-state index is 13.0. The largest absolute Gasteiger partial charge is 0.349 e. The average molecular weight is 435 g/mol. The van der Waals surface area contributed by atoms with Gasteiger partial charge in [-0.25, -0.2) is 9.97 Å². The highest BCUT2D eigenvalue weighted by Gasteiger charge is 2.25. The fraction of sp³-hybridized carbons (Fsp3) is 0.391. The lowest BCUT2D eigenvalue weighted by atomic mass is 10.1. The first kappa shape index (κ1) is 21.1. The van der Waals surface area contributed by atoms with Crippen LogP contribution in [-0.2, 0) is 11.3 Å². The number of nitrogens with zero attached hydrogens (tertiary/aromatic N) is 6. The molecule has 1 aliphatic rings. The van der Waals surface area contributed by atoms with E-state index in [1.807, 2.05) is 19.1 Å². The number of thiazole rings is 1. The smallest absolute Gasteiger partial charge is 0.264 e. The predicted molar refractivity (Wildman–Crippen MR) is 124 cm³/mol. The first-order chi connectivity index (χ1) is 15.0. The van der Waals surface area contributed by atoms with Gasteiger partial charge in [-0.3, -0.25) is 4.79 Å². The number of hydrogen-bond acceptors (Lipinski definition) is 6. The van der Waals surface area contributed by atoms with Crippen LogP contribution in [0.5, 0.6) is 0 Å². The molecule has 0 radical (unpaired) electrons. The van der Waals surface area contributed by atoms with Gasteiger partial charge < -0.3 is 14.4 Å². The first-order valence-electron chi connectivity index (χ1n) is 10.6. The third-order valence-electron chi connectivity index (χ3n) is 5.70. The molecule has 0 unspecified atom stereocenters. The molecular formula is C23H26N6OS. The second-order valence-corrected chi connectivity index (χ2v) is 8.71. The number of pyridine rings is 1. The molecule has 1 fully saturated rings. The summed E-state index contributed by atoms with van der Waals surface area (Å²) in [5, 5.41) is 10.6. The van der Waals surface area contributed by atoms with E-state index in [0.717, 1.165) is 45.4 Å². The van der Waals surface area contributed by atoms with Gasteiger partial charge in [-0.05, 0) is 50.1 Å². The Balaban J connectivity index is 1.46. The van der Waals surface area contributed by atoms with E-state index in [-0.39, 0.29) is 11.5 Å². The van der Waals surface area contributed by atoms with Gasteiger partial charge in [0.2, 0.25) is 0 Å². The molecule has 7 nitrogen and oxygen atoms in total. The maximum Gasteiger partial charge on any atom is 0.264 e. The van der Waals surface area contributed by atoms with Crippen molar-refractivity contribution in [1.82, 2.24) is 19.4 Å². The molecule has 0 bridgehead atoms. The van der Waals surface area contributed by atoms with E-state index in [1.54, 1.807) is 28.5 Å². The molecular weight excluding hydrogens is 408 g/mol. The summed E-state index contributed by atoms with van der Waals surface area (Å²) < 4.78 is 2.23. The summed E-state index contributed by atoms with van der Waals surface area (Å²) in [4.78, 5) is 26.9. The van der Waals surface area contributed by atoms with Crippen LogP contribution >= 0.6 is 11.3 Å². The van der Waals surface area contributed by atoms with Crippen molar-refractivity contribution in [3.05, 3.63) is 46.9 Å². The second-order valence-electron chi connectivity index (χ2n) is 7.75. The lowest BCUT2D eigenvalue weighted by molar-refractivity contribution is -0.126. The molecule has 1 amide bonds. The van der Waals surface area contributed by atoms with Crippen LogP contribution in [0.2, 0.25) is 0 Å². The van der Waals surface area contributed by atoms with Crippen LogP contribution in [0.15, 0.2) is 30.0 Å². The fourth-order valence-corrected chi connectivity index (χ4v) is 4.96. The molecule has 4 heterocycles. The SMILES string of the molecule is CCCn1c(C)cc(/C=C(/C#N)C(=O)N2CCN(c3nc4cccnc4s3)CC2)c1C. The maximum absolute atomic E-state index is 13.0. The average Bonchev–Trinajstić information content (AvgIpc) is 3.34. The van der Waals surface area contributed by atoms with Gasteiger partial charge in [-0.2, -0.15) is 5.26 Å². The number of aryl methyl sites for hydroxylation is 1. The molecule has 0 spiro atoms. The van der Waals surface area contributed by atoms with Crippen LogP contribution in [0.4, 0.5) is 5.13 Å². The minimum absolute atomic E-state index is 0.189. The lowest BCUT2D eigenvalue weighted by Crippen LogP contribution is -2.49. The van der Waals surface area contributed by atoms with E-state index in [0.29, 0.717) is 26.2 Å². The number of hydrogen-bond donors (Lipinski definition) is 0. The van der Waals surface area contributed by atoms with Gasteiger partial charge in [0, 0.05) is 50.3 Å². The van der Waals surface area contributed by atoms with E-state index < -0.39 is 0 Å². The van der Waals surface area contributed by atoms with Crippen molar-refractivity contribution in [3.63, 3.8) is 0 Å². The first-order valence-corrected chi connectivity index (χ1v) is 11.4. The zero-order valence-electron chi connectivity index (χ0n) is 18.1. The summed E-state index contributed by atoms with van der Waals surface area (Å²) in [5.41, 5.74) is 4.27. The summed E-state index contributed by atoms with van der Waals surface area (Å²) >= 11 is 1.57. The molecule has 3 aromatic rings. The Morgan fingerprint density at radius 1 is 1.29 bits per heavy atom. The standard InChI is InChI=1S/C23H26N6OS/c1-4-8-29-16(2)13-18(17(29)3)14-19(15-24)22(30)27-9-11-28(12-10-27)23-26-20-6-5-7-25-21(20)31-23/h5-7,13-14H,4,8-12H2,1-3H3/b19-14-. The quantitative estimate of drug-likeness (QED) is 0.451. The van der Waals surface area contributed by atoms with E-state index >= 15 is 0 Å². The molecule has 0 N–H and O–H groups in total. The van der Waals surface area contributed by atoms with Crippen LogP contribution in [0.3, 0.4) is 0 Å². The molecule has 3 aromatic heterocycles. The van der Waals surface area contributed by atoms with Crippen LogP contribution in [0.25, 0.3) is 16.4 Å². The Labute approximate surface area is 186 Å². The Kier molecular flexibility index (Phi) is 6.05. The normalized spacial score (nSPS) is 14.8. The number of carbonyl (C=O) groups excluding carboxylic acids is 1. The van der Waals surface area contributed by atoms with E-state index in [1.165, 1.54) is 0 Å². The summed E-state index contributed by atoms with van der Waals surface area (Å²) in [6.07, 6.45) is 4.55. The lowest BCUT2D eigenvalue weighted by Gasteiger charge is -2.34. The molecule has 1 aliphatic heterocycles. The Morgan fingerprint density at radius 2 is 2.06 bits per heavy atom. The highest BCUT2D eigenvalue weighted by molar-refractivity contribution is 7.21. The van der Waals surface area contributed by atoms with E-state index in [4.69, 9.17) is 0 Å². The van der Waals surface area contributed by atoms with Crippen molar-refractivity contribution in [2.45, 2.75) is 33.7 Å². The molecule has 31 heavy (non-hydrogen) atoms. The van der Waals surface area contributed by atoms with Crippen LogP contribution < -0.4 is 4.90 Å². The molecule has 0 atom stereocenters. The minimum atomic E-state index is -0.201. The Bertz CT molecular complexity index is 1140. The number of fused-ring (bicyclic) bond motifs is 1. The van der Waals surface area contributed by atoms with Gasteiger partial charge >= 0.3 is 0 Å². The summed E-state index contributed by atoms with van der Waals surface area (Å²) in [7, 11) is 0. The molecule has 8 heteroatoms. The summed E-state index contributed by atoms with van der Waals surface area (Å²) in [5.74, 6) is -0.201. The summed E-state index contributed by atoms with van der Waals surface area (Å²) in [6, 6.07) is 8.02. The van der Waals surface area contributed by atoms with Crippen molar-refractivity contribution in [1.29, 1.82) is 5.26 Å². The minimum Gasteiger partial charge on any atom is -0.349 e. The van der Waals surface area contributed by atoms with Crippen molar-refractivity contribution < 1.29 is 4.79 Å². The monoisotopic (exact) mass is 434 g/mol. The van der Waals surface area contributed by atoms with Crippen molar-refractivity contribution in [2.75, 3.05) is 31.1 Å². The van der Waals surface area contributed by atoms with Crippen LogP contribution in [0.1, 0.15) is 30.3 Å². The Hall–Kier alpha value is -3.18. The van der Waals surface area contributed by atoms with Gasteiger partial charge in [0.05, 0.1) is 0 Å². The molecule has 160 valence electrons. The van der Waals surface area contributed by atoms with Crippen LogP contribution in [-0.4, -0.2) is 51.5 Å². The third-order valence-corrected chi connectivity index (χ3v) is 6.74. The number of rotatable bonds is 5. The highest BCUT2D eigenvalue weighted by Crippen LogP contribution is 2.28. The topological polar surface area (TPSA) is 78.0 Å². The molecule has 1 saturated heterocycles. The highest BCUT2D eigenvalue weighted by atomic mass is 32.1. The van der Waals surface area contributed by atoms with Crippen molar-refractivity contribution >= 4 is 38.8 Å². The van der Waals surface area contributed by atoms with E-state index in [2.05, 4.69) is 45.4 Å². The number of anilines is 1. The van der Waals surface area contributed by atoms with Crippen LogP contribution in [0, 0.1) is 25.2 Å². The zero-order valence-corrected chi connectivity index (χ0v) is 18.9. The van der Waals surface area contributed by atoms with Gasteiger partial charge in [0.15, 0.2) is 5.13 Å².